The van der Waals surface area contributed by atoms with Crippen molar-refractivity contribution >= 4 is 17.7 Å². The van der Waals surface area contributed by atoms with Crippen LogP contribution in [0.2, 0.25) is 0 Å². The summed E-state index contributed by atoms with van der Waals surface area (Å²) >= 11 is 1.65. The Morgan fingerprint density at radius 3 is 2.94 bits per heavy atom. The van der Waals surface area contributed by atoms with Crippen molar-refractivity contribution in [3.8, 4) is 5.75 Å². The molecule has 5 heteroatoms. The molecular weight excluding hydrogens is 250 g/mol. The highest BCUT2D eigenvalue weighted by Gasteiger charge is 2.13. The molecule has 18 heavy (non-hydrogen) atoms. The van der Waals surface area contributed by atoms with Crippen molar-refractivity contribution in [3.05, 3.63) is 24.3 Å². The van der Waals surface area contributed by atoms with Gasteiger partial charge in [0.15, 0.2) is 0 Å². The summed E-state index contributed by atoms with van der Waals surface area (Å²) in [6, 6.07) is 7.26. The van der Waals surface area contributed by atoms with Crippen LogP contribution >= 0.6 is 11.8 Å². The van der Waals surface area contributed by atoms with E-state index in [-0.39, 0.29) is 5.97 Å². The summed E-state index contributed by atoms with van der Waals surface area (Å²) in [4.78, 5) is 12.4. The van der Waals surface area contributed by atoms with E-state index in [1.165, 1.54) is 0 Å². The van der Waals surface area contributed by atoms with Crippen LogP contribution in [0.3, 0.4) is 0 Å². The van der Waals surface area contributed by atoms with Gasteiger partial charge < -0.3 is 15.2 Å². The number of nitrogens with two attached hydrogens (primary N) is 1. The third-order valence-corrected chi connectivity index (χ3v) is 3.36. The molecule has 0 aliphatic heterocycles. The van der Waals surface area contributed by atoms with Crippen LogP contribution in [-0.2, 0) is 9.53 Å². The van der Waals surface area contributed by atoms with Crippen molar-refractivity contribution in [2.75, 3.05) is 19.5 Å². The molecular formula is C13H19NO3S. The standard InChI is InChI=1S/C13H19NO3S/c1-3-17-13(15)12(14)7-8-18-11-6-4-5-10(9-11)16-2/h4-6,9,12H,3,7-8,14H2,1-2H3. The van der Waals surface area contributed by atoms with Crippen LogP contribution in [0.5, 0.6) is 5.75 Å². The summed E-state index contributed by atoms with van der Waals surface area (Å²) in [7, 11) is 1.64. The van der Waals surface area contributed by atoms with Crippen LogP contribution in [0.1, 0.15) is 13.3 Å². The molecule has 1 aromatic carbocycles. The SMILES string of the molecule is CCOC(=O)C(N)CCSc1cccc(OC)c1. The molecule has 0 saturated heterocycles. The zero-order chi connectivity index (χ0) is 13.4. The molecule has 0 aliphatic carbocycles. The van der Waals surface area contributed by atoms with Crippen molar-refractivity contribution in [2.24, 2.45) is 5.73 Å². The van der Waals surface area contributed by atoms with Crippen molar-refractivity contribution in [3.63, 3.8) is 0 Å². The minimum absolute atomic E-state index is 0.330. The Balaban J connectivity index is 2.34. The molecule has 1 atom stereocenters. The summed E-state index contributed by atoms with van der Waals surface area (Å²) < 4.78 is 9.99. The first kappa shape index (κ1) is 14.9. The predicted molar refractivity (Wildman–Crippen MR) is 72.9 cm³/mol. The van der Waals surface area contributed by atoms with E-state index in [9.17, 15) is 4.79 Å². The topological polar surface area (TPSA) is 61.5 Å². The van der Waals surface area contributed by atoms with E-state index in [0.29, 0.717) is 13.0 Å². The zero-order valence-electron chi connectivity index (χ0n) is 10.7. The van der Waals surface area contributed by atoms with E-state index in [1.54, 1.807) is 25.8 Å². The molecule has 0 aliphatic rings. The van der Waals surface area contributed by atoms with Gasteiger partial charge in [-0.25, -0.2) is 0 Å². The van der Waals surface area contributed by atoms with Crippen LogP contribution < -0.4 is 10.5 Å². The van der Waals surface area contributed by atoms with Gasteiger partial charge in [0.25, 0.3) is 0 Å². The molecule has 4 nitrogen and oxygen atoms in total. The molecule has 1 unspecified atom stereocenters. The van der Waals surface area contributed by atoms with Crippen LogP contribution in [0, 0.1) is 0 Å². The average Bonchev–Trinajstić information content (AvgIpc) is 2.39. The maximum Gasteiger partial charge on any atom is 0.322 e. The van der Waals surface area contributed by atoms with E-state index >= 15 is 0 Å². The molecule has 0 saturated carbocycles. The van der Waals surface area contributed by atoms with Gasteiger partial charge in [0, 0.05) is 10.6 Å². The molecule has 1 aromatic rings. The fourth-order valence-corrected chi connectivity index (χ4v) is 2.34. The van der Waals surface area contributed by atoms with Gasteiger partial charge in [-0.1, -0.05) is 6.07 Å². The molecule has 2 N–H and O–H groups in total. The number of carbonyl (C=O) groups is 1. The average molecular weight is 269 g/mol. The predicted octanol–water partition coefficient (Wildman–Crippen LogP) is 2.07. The second kappa shape index (κ2) is 8.00. The summed E-state index contributed by atoms with van der Waals surface area (Å²) in [5.41, 5.74) is 5.71. The van der Waals surface area contributed by atoms with Gasteiger partial charge in [0.2, 0.25) is 0 Å². The fourth-order valence-electron chi connectivity index (χ4n) is 1.36. The Morgan fingerprint density at radius 1 is 1.50 bits per heavy atom. The van der Waals surface area contributed by atoms with E-state index < -0.39 is 6.04 Å². The van der Waals surface area contributed by atoms with Crippen molar-refractivity contribution in [1.82, 2.24) is 0 Å². The Kier molecular flexibility index (Phi) is 6.60. The molecule has 0 amide bonds. The van der Waals surface area contributed by atoms with Crippen LogP contribution in [-0.4, -0.2) is 31.5 Å². The Bertz CT molecular complexity index is 384. The Labute approximate surface area is 112 Å². The molecule has 0 radical (unpaired) electrons. The molecule has 0 fully saturated rings. The molecule has 0 aromatic heterocycles. The molecule has 0 heterocycles. The summed E-state index contributed by atoms with van der Waals surface area (Å²) in [6.45, 7) is 2.14. The third-order valence-electron chi connectivity index (χ3n) is 2.33. The van der Waals surface area contributed by atoms with Crippen molar-refractivity contribution < 1.29 is 14.3 Å². The number of hydrogen-bond donors (Lipinski definition) is 1. The maximum atomic E-state index is 11.3. The first-order valence-corrected chi connectivity index (χ1v) is 6.85. The highest BCUT2D eigenvalue weighted by atomic mass is 32.2. The Hall–Kier alpha value is -1.20. The molecule has 0 bridgehead atoms. The lowest BCUT2D eigenvalue weighted by Gasteiger charge is -2.10. The number of carbonyl (C=O) groups excluding carboxylic acids is 1. The van der Waals surface area contributed by atoms with E-state index in [1.807, 2.05) is 24.3 Å². The molecule has 0 spiro atoms. The summed E-state index contributed by atoms with van der Waals surface area (Å²) in [6.07, 6.45) is 0.598. The number of thioether (sulfide) groups is 1. The largest absolute Gasteiger partial charge is 0.497 e. The lowest BCUT2D eigenvalue weighted by molar-refractivity contribution is -0.144. The number of esters is 1. The van der Waals surface area contributed by atoms with Gasteiger partial charge in [0.1, 0.15) is 11.8 Å². The first-order valence-electron chi connectivity index (χ1n) is 5.86. The van der Waals surface area contributed by atoms with E-state index in [2.05, 4.69) is 0 Å². The van der Waals surface area contributed by atoms with Crippen LogP contribution in [0.4, 0.5) is 0 Å². The lowest BCUT2D eigenvalue weighted by Crippen LogP contribution is -2.32. The number of methoxy groups -OCH3 is 1. The quantitative estimate of drug-likeness (QED) is 0.606. The number of benzene rings is 1. The van der Waals surface area contributed by atoms with Crippen molar-refractivity contribution in [2.45, 2.75) is 24.3 Å². The van der Waals surface area contributed by atoms with E-state index in [4.69, 9.17) is 15.2 Å². The van der Waals surface area contributed by atoms with Crippen LogP contribution in [0.25, 0.3) is 0 Å². The first-order chi connectivity index (χ1) is 8.67. The number of ether oxygens (including phenoxy) is 2. The maximum absolute atomic E-state index is 11.3. The lowest BCUT2D eigenvalue weighted by atomic mass is 10.2. The monoisotopic (exact) mass is 269 g/mol. The second-order valence-electron chi connectivity index (χ2n) is 3.67. The van der Waals surface area contributed by atoms with Gasteiger partial charge in [-0.2, -0.15) is 0 Å². The highest BCUT2D eigenvalue weighted by molar-refractivity contribution is 7.99. The second-order valence-corrected chi connectivity index (χ2v) is 4.84. The number of hydrogen-bond acceptors (Lipinski definition) is 5. The zero-order valence-corrected chi connectivity index (χ0v) is 11.5. The highest BCUT2D eigenvalue weighted by Crippen LogP contribution is 2.23. The van der Waals surface area contributed by atoms with Gasteiger partial charge >= 0.3 is 5.97 Å². The molecule has 1 rings (SSSR count). The Morgan fingerprint density at radius 2 is 2.28 bits per heavy atom. The van der Waals surface area contributed by atoms with Gasteiger partial charge in [0.05, 0.1) is 13.7 Å². The summed E-state index contributed by atoms with van der Waals surface area (Å²) in [5, 5.41) is 0. The minimum atomic E-state index is -0.539. The fraction of sp³-hybridized carbons (Fsp3) is 0.462. The number of rotatable bonds is 7. The van der Waals surface area contributed by atoms with E-state index in [0.717, 1.165) is 16.4 Å². The third kappa shape index (κ3) is 4.98. The minimum Gasteiger partial charge on any atom is -0.497 e. The van der Waals surface area contributed by atoms with Crippen molar-refractivity contribution in [1.29, 1.82) is 0 Å². The van der Waals surface area contributed by atoms with Crippen LogP contribution in [0.15, 0.2) is 29.2 Å². The molecule has 100 valence electrons. The van der Waals surface area contributed by atoms with Gasteiger partial charge in [-0.3, -0.25) is 4.79 Å². The summed E-state index contributed by atoms with van der Waals surface area (Å²) in [5.74, 6) is 1.27. The van der Waals surface area contributed by atoms with Gasteiger partial charge in [-0.15, -0.1) is 11.8 Å². The van der Waals surface area contributed by atoms with Gasteiger partial charge in [-0.05, 0) is 31.5 Å². The smallest absolute Gasteiger partial charge is 0.322 e. The normalized spacial score (nSPS) is 11.9.